The second-order valence-corrected chi connectivity index (χ2v) is 3.05. The molecule has 1 aromatic rings. The van der Waals surface area contributed by atoms with Crippen molar-refractivity contribution < 1.29 is 9.50 Å². The van der Waals surface area contributed by atoms with E-state index in [4.69, 9.17) is 5.73 Å². The SMILES string of the molecule is Cc1c(F)cccc1[C@H](O)CCN. The highest BCUT2D eigenvalue weighted by atomic mass is 19.1. The maximum Gasteiger partial charge on any atom is 0.126 e. The Morgan fingerprint density at radius 2 is 2.23 bits per heavy atom. The van der Waals surface area contributed by atoms with Crippen molar-refractivity contribution in [2.45, 2.75) is 19.4 Å². The number of nitrogens with two attached hydrogens (primary N) is 1. The van der Waals surface area contributed by atoms with Gasteiger partial charge in [-0.15, -0.1) is 0 Å². The Labute approximate surface area is 77.2 Å². The van der Waals surface area contributed by atoms with Gasteiger partial charge in [0.1, 0.15) is 5.82 Å². The number of benzene rings is 1. The van der Waals surface area contributed by atoms with E-state index in [0.29, 0.717) is 24.1 Å². The zero-order valence-corrected chi connectivity index (χ0v) is 7.63. The van der Waals surface area contributed by atoms with Crippen LogP contribution in [0, 0.1) is 12.7 Å². The van der Waals surface area contributed by atoms with Gasteiger partial charge in [-0.1, -0.05) is 12.1 Å². The van der Waals surface area contributed by atoms with E-state index in [1.54, 1.807) is 19.1 Å². The monoisotopic (exact) mass is 183 g/mol. The van der Waals surface area contributed by atoms with Crippen molar-refractivity contribution in [3.05, 3.63) is 35.1 Å². The van der Waals surface area contributed by atoms with Crippen LogP contribution in [0.25, 0.3) is 0 Å². The molecule has 0 unspecified atom stereocenters. The lowest BCUT2D eigenvalue weighted by molar-refractivity contribution is 0.169. The predicted molar refractivity (Wildman–Crippen MR) is 49.8 cm³/mol. The first kappa shape index (κ1) is 10.2. The summed E-state index contributed by atoms with van der Waals surface area (Å²) in [5.41, 5.74) is 6.43. The van der Waals surface area contributed by atoms with Crippen molar-refractivity contribution in [2.24, 2.45) is 5.73 Å². The van der Waals surface area contributed by atoms with Gasteiger partial charge in [-0.05, 0) is 37.1 Å². The minimum Gasteiger partial charge on any atom is -0.388 e. The molecule has 3 heteroatoms. The molecule has 1 atom stereocenters. The molecule has 0 amide bonds. The quantitative estimate of drug-likeness (QED) is 0.746. The molecule has 0 saturated carbocycles. The number of hydrogen-bond acceptors (Lipinski definition) is 2. The second-order valence-electron chi connectivity index (χ2n) is 3.05. The molecule has 0 aromatic heterocycles. The van der Waals surface area contributed by atoms with E-state index < -0.39 is 6.10 Å². The third-order valence-corrected chi connectivity index (χ3v) is 2.11. The number of rotatable bonds is 3. The first-order chi connectivity index (χ1) is 6.16. The fraction of sp³-hybridized carbons (Fsp3) is 0.400. The zero-order chi connectivity index (χ0) is 9.84. The van der Waals surface area contributed by atoms with E-state index in [1.165, 1.54) is 6.07 Å². The van der Waals surface area contributed by atoms with Crippen LogP contribution in [-0.4, -0.2) is 11.7 Å². The van der Waals surface area contributed by atoms with Gasteiger partial charge in [0.2, 0.25) is 0 Å². The Bertz CT molecular complexity index is 288. The van der Waals surface area contributed by atoms with Crippen LogP contribution in [-0.2, 0) is 0 Å². The van der Waals surface area contributed by atoms with Gasteiger partial charge in [0, 0.05) is 0 Å². The van der Waals surface area contributed by atoms with Gasteiger partial charge in [-0.3, -0.25) is 0 Å². The Morgan fingerprint density at radius 3 is 2.85 bits per heavy atom. The highest BCUT2D eigenvalue weighted by Gasteiger charge is 2.11. The molecule has 0 radical (unpaired) electrons. The summed E-state index contributed by atoms with van der Waals surface area (Å²) < 4.78 is 13.0. The Morgan fingerprint density at radius 1 is 1.54 bits per heavy atom. The van der Waals surface area contributed by atoms with Gasteiger partial charge in [0.25, 0.3) is 0 Å². The Kier molecular flexibility index (Phi) is 3.39. The van der Waals surface area contributed by atoms with Crippen LogP contribution >= 0.6 is 0 Å². The standard InChI is InChI=1S/C10H14FNO/c1-7-8(10(13)5-6-12)3-2-4-9(7)11/h2-4,10,13H,5-6,12H2,1H3/t10-/m1/s1. The summed E-state index contributed by atoms with van der Waals surface area (Å²) in [6.45, 7) is 2.06. The molecule has 0 aliphatic rings. The average Bonchev–Trinajstić information content (AvgIpc) is 2.10. The summed E-state index contributed by atoms with van der Waals surface area (Å²) in [6.07, 6.45) is -0.190. The summed E-state index contributed by atoms with van der Waals surface area (Å²) in [5, 5.41) is 9.58. The van der Waals surface area contributed by atoms with E-state index in [0.717, 1.165) is 0 Å². The Balaban J connectivity index is 2.93. The molecule has 0 aliphatic heterocycles. The molecule has 2 nitrogen and oxygen atoms in total. The van der Waals surface area contributed by atoms with Crippen molar-refractivity contribution >= 4 is 0 Å². The average molecular weight is 183 g/mol. The van der Waals surface area contributed by atoms with E-state index in [-0.39, 0.29) is 5.82 Å². The maximum atomic E-state index is 13.0. The minimum absolute atomic E-state index is 0.284. The molecule has 3 N–H and O–H groups in total. The summed E-state index contributed by atoms with van der Waals surface area (Å²) in [4.78, 5) is 0. The van der Waals surface area contributed by atoms with Gasteiger partial charge in [0.15, 0.2) is 0 Å². The first-order valence-corrected chi connectivity index (χ1v) is 4.30. The zero-order valence-electron chi connectivity index (χ0n) is 7.63. The highest BCUT2D eigenvalue weighted by Crippen LogP contribution is 2.21. The molecule has 1 aromatic carbocycles. The lowest BCUT2D eigenvalue weighted by Gasteiger charge is -2.12. The van der Waals surface area contributed by atoms with Crippen LogP contribution < -0.4 is 5.73 Å². The fourth-order valence-corrected chi connectivity index (χ4v) is 1.30. The molecule has 0 fully saturated rings. The number of halogens is 1. The van der Waals surface area contributed by atoms with E-state index in [9.17, 15) is 9.50 Å². The summed E-state index contributed by atoms with van der Waals surface area (Å²) >= 11 is 0. The van der Waals surface area contributed by atoms with Crippen LogP contribution in [0.2, 0.25) is 0 Å². The summed E-state index contributed by atoms with van der Waals surface area (Å²) in [7, 11) is 0. The molecule has 72 valence electrons. The summed E-state index contributed by atoms with van der Waals surface area (Å²) in [5.74, 6) is -0.284. The molecule has 0 saturated heterocycles. The maximum absolute atomic E-state index is 13.0. The van der Waals surface area contributed by atoms with E-state index in [1.807, 2.05) is 0 Å². The van der Waals surface area contributed by atoms with Crippen molar-refractivity contribution in [2.75, 3.05) is 6.54 Å². The fourth-order valence-electron chi connectivity index (χ4n) is 1.30. The molecule has 1 rings (SSSR count). The third kappa shape index (κ3) is 2.26. The molecule has 0 heterocycles. The van der Waals surface area contributed by atoms with Gasteiger partial charge >= 0.3 is 0 Å². The lowest BCUT2D eigenvalue weighted by Crippen LogP contribution is -2.08. The normalized spacial score (nSPS) is 12.9. The topological polar surface area (TPSA) is 46.2 Å². The van der Waals surface area contributed by atoms with Crippen LogP contribution in [0.15, 0.2) is 18.2 Å². The predicted octanol–water partition coefficient (Wildman–Crippen LogP) is 1.52. The van der Waals surface area contributed by atoms with Gasteiger partial charge in [-0.2, -0.15) is 0 Å². The molecular weight excluding hydrogens is 169 g/mol. The lowest BCUT2D eigenvalue weighted by atomic mass is 10.0. The Hall–Kier alpha value is -0.930. The van der Waals surface area contributed by atoms with Crippen LogP contribution in [0.5, 0.6) is 0 Å². The number of aliphatic hydroxyl groups excluding tert-OH is 1. The number of hydrogen-bond donors (Lipinski definition) is 2. The molecule has 0 aliphatic carbocycles. The second kappa shape index (κ2) is 4.35. The van der Waals surface area contributed by atoms with Gasteiger partial charge in [0.05, 0.1) is 6.10 Å². The van der Waals surface area contributed by atoms with Crippen LogP contribution in [0.1, 0.15) is 23.7 Å². The molecule has 0 bridgehead atoms. The van der Waals surface area contributed by atoms with Crippen LogP contribution in [0.4, 0.5) is 4.39 Å². The summed E-state index contributed by atoms with van der Waals surface area (Å²) in [6, 6.07) is 4.70. The van der Waals surface area contributed by atoms with E-state index >= 15 is 0 Å². The highest BCUT2D eigenvalue weighted by molar-refractivity contribution is 5.29. The number of aliphatic hydroxyl groups is 1. The van der Waals surface area contributed by atoms with Crippen LogP contribution in [0.3, 0.4) is 0 Å². The van der Waals surface area contributed by atoms with Crippen molar-refractivity contribution in [1.82, 2.24) is 0 Å². The van der Waals surface area contributed by atoms with E-state index in [2.05, 4.69) is 0 Å². The largest absolute Gasteiger partial charge is 0.388 e. The minimum atomic E-state index is -0.652. The van der Waals surface area contributed by atoms with Crippen molar-refractivity contribution in [3.63, 3.8) is 0 Å². The first-order valence-electron chi connectivity index (χ1n) is 4.30. The third-order valence-electron chi connectivity index (χ3n) is 2.11. The smallest absolute Gasteiger partial charge is 0.126 e. The van der Waals surface area contributed by atoms with Gasteiger partial charge < -0.3 is 10.8 Å². The van der Waals surface area contributed by atoms with Crippen molar-refractivity contribution in [1.29, 1.82) is 0 Å². The molecular formula is C10H14FNO. The molecule has 0 spiro atoms. The van der Waals surface area contributed by atoms with Crippen molar-refractivity contribution in [3.8, 4) is 0 Å². The molecule has 13 heavy (non-hydrogen) atoms. The van der Waals surface area contributed by atoms with Gasteiger partial charge in [-0.25, -0.2) is 4.39 Å².